The van der Waals surface area contributed by atoms with Gasteiger partial charge in [0.2, 0.25) is 11.9 Å². The topological polar surface area (TPSA) is 79.3 Å². The Kier molecular flexibility index (Phi) is 8.73. The second-order valence-corrected chi connectivity index (χ2v) is 8.34. The van der Waals surface area contributed by atoms with Crippen LogP contribution in [0.5, 0.6) is 0 Å². The molecular weight excluding hydrogens is 483 g/mol. The molecule has 10 heteroatoms. The van der Waals surface area contributed by atoms with Gasteiger partial charge in [-0.1, -0.05) is 30.7 Å². The van der Waals surface area contributed by atoms with E-state index in [0.29, 0.717) is 18.9 Å². The van der Waals surface area contributed by atoms with Crippen molar-refractivity contribution < 1.29 is 36.6 Å². The number of anilines is 1. The lowest BCUT2D eigenvalue weighted by Crippen LogP contribution is -2.28. The van der Waals surface area contributed by atoms with Crippen molar-refractivity contribution in [3.63, 3.8) is 0 Å². The molecule has 2 atom stereocenters. The number of amides is 1. The normalized spacial score (nSPS) is 17.5. The van der Waals surface area contributed by atoms with Crippen molar-refractivity contribution in [2.75, 3.05) is 5.32 Å². The molecule has 36 heavy (non-hydrogen) atoms. The molecule has 0 bridgehead atoms. The number of benzene rings is 2. The predicted octanol–water partition coefficient (Wildman–Crippen LogP) is 6.66. The Labute approximate surface area is 204 Å². The number of pyridine rings is 1. The van der Waals surface area contributed by atoms with Crippen molar-refractivity contribution in [2.45, 2.75) is 37.8 Å². The molecule has 2 N–H and O–H groups in total. The number of nitrogens with zero attached hydrogens (tertiary/aromatic N) is 1. The van der Waals surface area contributed by atoms with Crippen LogP contribution in [-0.4, -0.2) is 22.5 Å². The molecule has 4 rings (SSSR count). The molecule has 0 radical (unpaired) electrons. The van der Waals surface area contributed by atoms with E-state index in [1.165, 1.54) is 12.3 Å². The Hall–Kier alpha value is -3.82. The minimum Gasteiger partial charge on any atom is -0.483 e. The van der Waals surface area contributed by atoms with Gasteiger partial charge in [-0.15, -0.1) is 0 Å². The maximum atomic E-state index is 14.1. The first kappa shape index (κ1) is 26.8. The molecule has 5 nitrogen and oxygen atoms in total. The molecule has 3 aromatic rings. The first-order valence-electron chi connectivity index (χ1n) is 11.1. The van der Waals surface area contributed by atoms with E-state index < -0.39 is 29.4 Å². The second-order valence-electron chi connectivity index (χ2n) is 8.34. The largest absolute Gasteiger partial charge is 0.483 e. The molecular formula is C26H23F5N2O3. The molecule has 1 heterocycles. The van der Waals surface area contributed by atoms with Gasteiger partial charge < -0.3 is 10.4 Å². The fraction of sp³-hybridized carbons (Fsp3) is 0.269. The van der Waals surface area contributed by atoms with E-state index in [-0.39, 0.29) is 24.0 Å². The summed E-state index contributed by atoms with van der Waals surface area (Å²) in [4.78, 5) is 24.7. The van der Waals surface area contributed by atoms with Crippen molar-refractivity contribution in [2.24, 2.45) is 5.92 Å². The number of carbonyl (C=O) groups is 2. The van der Waals surface area contributed by atoms with Crippen LogP contribution in [0.4, 0.5) is 27.6 Å². The average molecular weight is 506 g/mol. The number of rotatable bonds is 4. The van der Waals surface area contributed by atoms with E-state index in [2.05, 4.69) is 10.3 Å². The maximum Gasteiger partial charge on any atom is 0.416 e. The van der Waals surface area contributed by atoms with Gasteiger partial charge >= 0.3 is 6.18 Å². The molecule has 190 valence electrons. The fourth-order valence-corrected chi connectivity index (χ4v) is 4.25. The Bertz CT molecular complexity index is 1180. The minimum atomic E-state index is -4.65. The van der Waals surface area contributed by atoms with Crippen LogP contribution in [0.2, 0.25) is 0 Å². The number of aromatic nitrogens is 1. The van der Waals surface area contributed by atoms with Gasteiger partial charge in [0, 0.05) is 17.7 Å². The van der Waals surface area contributed by atoms with Gasteiger partial charge in [-0.05, 0) is 66.6 Å². The number of nitrogens with one attached hydrogen (secondary N) is 1. The number of hydrogen-bond acceptors (Lipinski definition) is 3. The molecule has 2 unspecified atom stereocenters. The molecule has 1 saturated carbocycles. The van der Waals surface area contributed by atoms with Gasteiger partial charge in [-0.3, -0.25) is 9.59 Å². The summed E-state index contributed by atoms with van der Waals surface area (Å²) >= 11 is 0. The summed E-state index contributed by atoms with van der Waals surface area (Å²) in [6, 6.07) is 12.8. The van der Waals surface area contributed by atoms with Crippen LogP contribution in [0, 0.1) is 17.7 Å². The van der Waals surface area contributed by atoms with Crippen LogP contribution in [0.15, 0.2) is 60.8 Å². The highest BCUT2D eigenvalue weighted by Gasteiger charge is 2.32. The Morgan fingerprint density at radius 2 is 1.67 bits per heavy atom. The lowest BCUT2D eigenvalue weighted by molar-refractivity contribution is -0.137. The van der Waals surface area contributed by atoms with Crippen molar-refractivity contribution in [3.05, 3.63) is 83.7 Å². The quantitative estimate of drug-likeness (QED) is 0.236. The van der Waals surface area contributed by atoms with Gasteiger partial charge in [0.1, 0.15) is 5.82 Å². The number of alkyl halides is 3. The van der Waals surface area contributed by atoms with Crippen LogP contribution >= 0.6 is 0 Å². The van der Waals surface area contributed by atoms with Gasteiger partial charge in [-0.2, -0.15) is 17.6 Å². The zero-order chi connectivity index (χ0) is 26.3. The molecule has 0 aliphatic heterocycles. The van der Waals surface area contributed by atoms with E-state index in [9.17, 15) is 26.7 Å². The van der Waals surface area contributed by atoms with Gasteiger partial charge in [-0.25, -0.2) is 9.37 Å². The standard InChI is InChI=1S/C25H21F5N2O.CH2O2/c26-21-13-20(25(28,29)30)9-10-22(21)32-24(33)18-3-1-2-17(12-18)15-4-6-16(7-5-15)19-8-11-23(27)31-14-19;2-1-3/h4-11,13-14,17-18H,1-3,12H2,(H,32,33);1H,(H,2,3). The first-order chi connectivity index (χ1) is 17.1. The van der Waals surface area contributed by atoms with Crippen molar-refractivity contribution >= 4 is 18.1 Å². The Morgan fingerprint density at radius 1 is 1.00 bits per heavy atom. The highest BCUT2D eigenvalue weighted by atomic mass is 19.4. The fourth-order valence-electron chi connectivity index (χ4n) is 4.25. The van der Waals surface area contributed by atoms with Crippen LogP contribution in [-0.2, 0) is 15.8 Å². The SMILES string of the molecule is O=C(Nc1ccc(C(F)(F)F)cc1F)C1CCCC(c2ccc(-c3ccc(F)nc3)cc2)C1.O=CO. The number of carboxylic acid groups (broad SMARTS) is 1. The Morgan fingerprint density at radius 3 is 2.25 bits per heavy atom. The van der Waals surface area contributed by atoms with Crippen molar-refractivity contribution in [3.8, 4) is 11.1 Å². The summed E-state index contributed by atoms with van der Waals surface area (Å²) < 4.78 is 65.3. The second kappa shape index (κ2) is 11.7. The molecule has 1 aliphatic carbocycles. The Balaban J connectivity index is 0.00000115. The van der Waals surface area contributed by atoms with Crippen LogP contribution in [0.25, 0.3) is 11.1 Å². The first-order valence-corrected chi connectivity index (χ1v) is 11.1. The molecule has 0 saturated heterocycles. The highest BCUT2D eigenvalue weighted by molar-refractivity contribution is 5.92. The van der Waals surface area contributed by atoms with E-state index in [1.807, 2.05) is 24.3 Å². The predicted molar refractivity (Wildman–Crippen MR) is 123 cm³/mol. The third-order valence-corrected chi connectivity index (χ3v) is 6.04. The van der Waals surface area contributed by atoms with Crippen molar-refractivity contribution in [1.82, 2.24) is 4.98 Å². The molecule has 1 amide bonds. The van der Waals surface area contributed by atoms with Gasteiger partial charge in [0.15, 0.2) is 0 Å². The van der Waals surface area contributed by atoms with Crippen LogP contribution in [0.1, 0.15) is 42.7 Å². The third kappa shape index (κ3) is 6.87. The maximum absolute atomic E-state index is 14.1. The minimum absolute atomic E-state index is 0.132. The van der Waals surface area contributed by atoms with Crippen LogP contribution in [0.3, 0.4) is 0 Å². The smallest absolute Gasteiger partial charge is 0.416 e. The number of halogens is 5. The van der Waals surface area contributed by atoms with E-state index in [4.69, 9.17) is 9.90 Å². The van der Waals surface area contributed by atoms with E-state index in [0.717, 1.165) is 41.7 Å². The van der Waals surface area contributed by atoms with E-state index in [1.54, 1.807) is 6.07 Å². The number of hydrogen-bond donors (Lipinski definition) is 2. The molecule has 0 spiro atoms. The average Bonchev–Trinajstić information content (AvgIpc) is 2.86. The molecule has 1 fully saturated rings. The van der Waals surface area contributed by atoms with Crippen molar-refractivity contribution in [1.29, 1.82) is 0 Å². The summed E-state index contributed by atoms with van der Waals surface area (Å²) in [6.45, 7) is -0.250. The highest BCUT2D eigenvalue weighted by Crippen LogP contribution is 2.38. The van der Waals surface area contributed by atoms with E-state index >= 15 is 0 Å². The number of carbonyl (C=O) groups excluding carboxylic acids is 1. The lowest BCUT2D eigenvalue weighted by Gasteiger charge is -2.29. The monoisotopic (exact) mass is 506 g/mol. The van der Waals surface area contributed by atoms with Gasteiger partial charge in [0.25, 0.3) is 6.47 Å². The van der Waals surface area contributed by atoms with Gasteiger partial charge in [0.05, 0.1) is 11.3 Å². The zero-order valence-corrected chi connectivity index (χ0v) is 18.9. The lowest BCUT2D eigenvalue weighted by atomic mass is 9.77. The third-order valence-electron chi connectivity index (χ3n) is 6.04. The summed E-state index contributed by atoms with van der Waals surface area (Å²) in [5.74, 6) is -2.29. The molecule has 2 aromatic carbocycles. The van der Waals surface area contributed by atoms with Crippen LogP contribution < -0.4 is 5.32 Å². The summed E-state index contributed by atoms with van der Waals surface area (Å²) in [5.41, 5.74) is 1.39. The molecule has 1 aliphatic rings. The zero-order valence-electron chi connectivity index (χ0n) is 18.9. The summed E-state index contributed by atoms with van der Waals surface area (Å²) in [5, 5.41) is 9.34. The summed E-state index contributed by atoms with van der Waals surface area (Å²) in [6.07, 6.45) is -0.290. The molecule has 1 aromatic heterocycles. The summed E-state index contributed by atoms with van der Waals surface area (Å²) in [7, 11) is 0.